The highest BCUT2D eigenvalue weighted by molar-refractivity contribution is 5.88. The third-order valence-electron chi connectivity index (χ3n) is 9.83. The van der Waals surface area contributed by atoms with Crippen LogP contribution >= 0.6 is 0 Å². The standard InChI is InChI=1S/C37H55N5O7/c1-37(2,3)22-32(43)42-23-26(21-30(42)34(38)44)48-35-28(12-7-5-6-10-24-20-31(24)49-36(39)45)33(27-11-8-9-13-29(27)40-35)47-25-14-16-41(17-15-25)18-19-46-4/h8-9,11,13,24-26,30-31H,5-7,10,12,14-23H2,1-4H3,(H2,38,44)(H2,39,45)/t24-,26-,30+,31-/m1/s1. The van der Waals surface area contributed by atoms with Crippen LogP contribution in [0.4, 0.5) is 4.79 Å². The summed E-state index contributed by atoms with van der Waals surface area (Å²) in [7, 11) is 1.73. The summed E-state index contributed by atoms with van der Waals surface area (Å²) < 4.78 is 24.0. The third kappa shape index (κ3) is 10.2. The first-order chi connectivity index (χ1) is 23.4. The lowest BCUT2D eigenvalue weighted by atomic mass is 9.91. The van der Waals surface area contributed by atoms with Gasteiger partial charge in [0, 0.05) is 45.0 Å². The first-order valence-corrected chi connectivity index (χ1v) is 17.9. The van der Waals surface area contributed by atoms with Crippen LogP contribution in [0.25, 0.3) is 10.9 Å². The SMILES string of the molecule is COCCN1CCC(Oc2c(CCCCC[C@@H]3C[C@H]3OC(N)=O)c(O[C@@H]3C[C@@H](C(N)=O)N(C(=O)CC(C)(C)C)C3)nc3ccccc23)CC1. The normalized spacial score (nSPS) is 23.1. The Bertz CT molecular complexity index is 1450. The van der Waals surface area contributed by atoms with Crippen LogP contribution in [0, 0.1) is 11.3 Å². The molecule has 3 heterocycles. The van der Waals surface area contributed by atoms with Crippen molar-refractivity contribution in [2.24, 2.45) is 22.8 Å². The first-order valence-electron chi connectivity index (χ1n) is 17.9. The summed E-state index contributed by atoms with van der Waals surface area (Å²) in [5.41, 5.74) is 12.4. The van der Waals surface area contributed by atoms with Crippen LogP contribution in [0.15, 0.2) is 24.3 Å². The number of carbonyl (C=O) groups excluding carboxylic acids is 3. The van der Waals surface area contributed by atoms with Crippen molar-refractivity contribution in [3.05, 3.63) is 29.8 Å². The Morgan fingerprint density at radius 1 is 0.980 bits per heavy atom. The minimum atomic E-state index is -0.729. The molecular formula is C37H55N5O7. The number of ether oxygens (including phenoxy) is 4. The molecule has 12 nitrogen and oxygen atoms in total. The molecule has 4 atom stereocenters. The fourth-order valence-electron chi connectivity index (χ4n) is 7.13. The van der Waals surface area contributed by atoms with Gasteiger partial charge in [-0.1, -0.05) is 45.7 Å². The van der Waals surface area contributed by atoms with Crippen molar-refractivity contribution in [2.75, 3.05) is 39.9 Å². The number of para-hydroxylation sites is 1. The molecule has 1 aliphatic carbocycles. The number of rotatable bonds is 16. The van der Waals surface area contributed by atoms with Gasteiger partial charge >= 0.3 is 6.09 Å². The Morgan fingerprint density at radius 3 is 2.43 bits per heavy atom. The van der Waals surface area contributed by atoms with Crippen LogP contribution in [0.1, 0.15) is 84.1 Å². The van der Waals surface area contributed by atoms with Gasteiger partial charge < -0.3 is 40.2 Å². The number of amides is 3. The average molecular weight is 682 g/mol. The summed E-state index contributed by atoms with van der Waals surface area (Å²) >= 11 is 0. The van der Waals surface area contributed by atoms with E-state index in [9.17, 15) is 14.4 Å². The highest BCUT2D eigenvalue weighted by Gasteiger charge is 2.41. The molecule has 0 bridgehead atoms. The van der Waals surface area contributed by atoms with E-state index in [2.05, 4.69) is 11.0 Å². The van der Waals surface area contributed by atoms with Gasteiger partial charge in [-0.05, 0) is 62.0 Å². The molecular weight excluding hydrogens is 626 g/mol. The van der Waals surface area contributed by atoms with Crippen LogP contribution in [-0.2, 0) is 25.5 Å². The number of methoxy groups -OCH3 is 1. The molecule has 3 amide bonds. The molecule has 0 unspecified atom stereocenters. The molecule has 12 heteroatoms. The number of nitrogens with two attached hydrogens (primary N) is 2. The second-order valence-electron chi connectivity index (χ2n) is 15.1. The number of pyridine rings is 1. The van der Waals surface area contributed by atoms with Gasteiger partial charge in [-0.25, -0.2) is 9.78 Å². The Morgan fingerprint density at radius 2 is 1.73 bits per heavy atom. The molecule has 3 fully saturated rings. The van der Waals surface area contributed by atoms with E-state index in [-0.39, 0.29) is 30.1 Å². The van der Waals surface area contributed by atoms with Gasteiger partial charge in [-0.15, -0.1) is 0 Å². The summed E-state index contributed by atoms with van der Waals surface area (Å²) in [6, 6.07) is 7.24. The van der Waals surface area contributed by atoms with Gasteiger partial charge in [0.25, 0.3) is 0 Å². The van der Waals surface area contributed by atoms with Gasteiger partial charge in [0.05, 0.1) is 24.2 Å². The maximum atomic E-state index is 13.3. The van der Waals surface area contributed by atoms with Crippen LogP contribution in [-0.4, -0.2) is 96.9 Å². The zero-order valence-corrected chi connectivity index (χ0v) is 29.7. The summed E-state index contributed by atoms with van der Waals surface area (Å²) in [6.07, 6.45) is 6.70. The quantitative estimate of drug-likeness (QED) is 0.242. The largest absolute Gasteiger partial charge is 0.489 e. The van der Waals surface area contributed by atoms with E-state index in [0.29, 0.717) is 37.7 Å². The monoisotopic (exact) mass is 681 g/mol. The van der Waals surface area contributed by atoms with E-state index in [1.165, 1.54) is 0 Å². The first kappa shape index (κ1) is 36.6. The summed E-state index contributed by atoms with van der Waals surface area (Å²) in [5.74, 6) is 1.04. The smallest absolute Gasteiger partial charge is 0.404 e. The summed E-state index contributed by atoms with van der Waals surface area (Å²) in [6.45, 7) is 9.76. The molecule has 3 aliphatic rings. The topological polar surface area (TPSA) is 160 Å². The van der Waals surface area contributed by atoms with Crippen molar-refractivity contribution in [2.45, 2.75) is 109 Å². The molecule has 2 aromatic rings. The second-order valence-corrected chi connectivity index (χ2v) is 15.1. The fraction of sp³-hybridized carbons (Fsp3) is 0.676. The molecule has 1 aromatic carbocycles. The molecule has 0 radical (unpaired) electrons. The molecule has 49 heavy (non-hydrogen) atoms. The van der Waals surface area contributed by atoms with Gasteiger partial charge in [0.2, 0.25) is 17.7 Å². The maximum Gasteiger partial charge on any atom is 0.404 e. The molecule has 4 N–H and O–H groups in total. The predicted octanol–water partition coefficient (Wildman–Crippen LogP) is 4.58. The number of unbranched alkanes of at least 4 members (excludes halogenated alkanes) is 2. The van der Waals surface area contributed by atoms with E-state index < -0.39 is 24.1 Å². The van der Waals surface area contributed by atoms with Crippen LogP contribution in [0.2, 0.25) is 0 Å². The van der Waals surface area contributed by atoms with Crippen LogP contribution in [0.3, 0.4) is 0 Å². The van der Waals surface area contributed by atoms with Gasteiger partial charge in [0.1, 0.15) is 30.1 Å². The Balaban J connectivity index is 1.36. The van der Waals surface area contributed by atoms with Crippen molar-refractivity contribution in [3.8, 4) is 11.6 Å². The number of piperidine rings is 1. The van der Waals surface area contributed by atoms with Gasteiger partial charge in [0.15, 0.2) is 0 Å². The number of carbonyl (C=O) groups is 3. The fourth-order valence-corrected chi connectivity index (χ4v) is 7.13. The Labute approximate surface area is 290 Å². The minimum absolute atomic E-state index is 0.0458. The van der Waals surface area contributed by atoms with Crippen molar-refractivity contribution in [1.82, 2.24) is 14.8 Å². The molecule has 1 saturated carbocycles. The van der Waals surface area contributed by atoms with Crippen molar-refractivity contribution < 1.29 is 33.3 Å². The van der Waals surface area contributed by atoms with Crippen molar-refractivity contribution >= 4 is 28.8 Å². The number of likely N-dealkylation sites (tertiary alicyclic amines) is 2. The number of aromatic nitrogens is 1. The number of hydrogen-bond donors (Lipinski definition) is 2. The lowest BCUT2D eigenvalue weighted by Gasteiger charge is -2.33. The van der Waals surface area contributed by atoms with E-state index in [1.54, 1.807) is 12.0 Å². The number of nitrogens with zero attached hydrogens (tertiary/aromatic N) is 3. The van der Waals surface area contributed by atoms with Gasteiger partial charge in [-0.3, -0.25) is 9.59 Å². The number of hydrogen-bond acceptors (Lipinski definition) is 9. The Kier molecular flexibility index (Phi) is 12.2. The third-order valence-corrected chi connectivity index (χ3v) is 9.83. The number of fused-ring (bicyclic) bond motifs is 1. The zero-order valence-electron chi connectivity index (χ0n) is 29.7. The lowest BCUT2D eigenvalue weighted by Crippen LogP contribution is -2.44. The van der Waals surface area contributed by atoms with Crippen molar-refractivity contribution in [1.29, 1.82) is 0 Å². The Hall–Kier alpha value is -3.64. The highest BCUT2D eigenvalue weighted by atomic mass is 16.6. The van der Waals surface area contributed by atoms with Gasteiger partial charge in [-0.2, -0.15) is 0 Å². The lowest BCUT2D eigenvalue weighted by molar-refractivity contribution is -0.138. The average Bonchev–Trinajstić information content (AvgIpc) is 3.62. The van der Waals surface area contributed by atoms with E-state index in [1.807, 2.05) is 39.0 Å². The summed E-state index contributed by atoms with van der Waals surface area (Å²) in [4.78, 5) is 45.9. The zero-order chi connectivity index (χ0) is 35.1. The highest BCUT2D eigenvalue weighted by Crippen LogP contribution is 2.40. The van der Waals surface area contributed by atoms with E-state index in [4.69, 9.17) is 35.4 Å². The molecule has 0 spiro atoms. The number of primary amides is 2. The number of benzene rings is 1. The molecule has 2 saturated heterocycles. The second kappa shape index (κ2) is 16.4. The molecule has 5 rings (SSSR count). The van der Waals surface area contributed by atoms with Crippen LogP contribution < -0.4 is 20.9 Å². The molecule has 1 aromatic heterocycles. The van der Waals surface area contributed by atoms with Crippen LogP contribution in [0.5, 0.6) is 11.6 Å². The summed E-state index contributed by atoms with van der Waals surface area (Å²) in [5, 5.41) is 0.944. The van der Waals surface area contributed by atoms with Crippen molar-refractivity contribution in [3.63, 3.8) is 0 Å². The van der Waals surface area contributed by atoms with E-state index >= 15 is 0 Å². The van der Waals surface area contributed by atoms with E-state index in [0.717, 1.165) is 86.8 Å². The maximum absolute atomic E-state index is 13.3. The predicted molar refractivity (Wildman–Crippen MR) is 186 cm³/mol. The molecule has 2 aliphatic heterocycles. The minimum Gasteiger partial charge on any atom is -0.489 e. The molecule has 270 valence electrons.